The van der Waals surface area contributed by atoms with Crippen LogP contribution in [-0.2, 0) is 20.7 Å². The van der Waals surface area contributed by atoms with Gasteiger partial charge in [0.25, 0.3) is 0 Å². The van der Waals surface area contributed by atoms with Gasteiger partial charge in [0, 0.05) is 51.1 Å². The molecule has 1 aliphatic heterocycles. The van der Waals surface area contributed by atoms with E-state index in [1.54, 1.807) is 19.3 Å². The zero-order chi connectivity index (χ0) is 17.0. The van der Waals surface area contributed by atoms with Crippen LogP contribution in [-0.4, -0.2) is 58.5 Å². The highest BCUT2D eigenvalue weighted by atomic mass is 16.6. The van der Waals surface area contributed by atoms with Crippen LogP contribution in [0.15, 0.2) is 12.4 Å². The smallest absolute Gasteiger partial charge is 0.310 e. The normalized spacial score (nSPS) is 15.5. The molecule has 1 fully saturated rings. The maximum Gasteiger partial charge on any atom is 0.310 e. The van der Waals surface area contributed by atoms with Crippen LogP contribution in [0.25, 0.3) is 0 Å². The van der Waals surface area contributed by atoms with E-state index >= 15 is 0 Å². The molecule has 1 aliphatic rings. The van der Waals surface area contributed by atoms with E-state index in [2.05, 4.69) is 9.97 Å². The first-order chi connectivity index (χ1) is 10.7. The molecule has 7 heteroatoms. The molecule has 1 aromatic heterocycles. The molecular weight excluding hydrogens is 296 g/mol. The summed E-state index contributed by atoms with van der Waals surface area (Å²) in [6.45, 7) is 9.88. The molecule has 2 rings (SSSR count). The van der Waals surface area contributed by atoms with Gasteiger partial charge in [0.05, 0.1) is 6.42 Å². The monoisotopic (exact) mass is 320 g/mol. The van der Waals surface area contributed by atoms with Gasteiger partial charge in [-0.3, -0.25) is 9.59 Å². The molecule has 0 unspecified atom stereocenters. The number of amides is 1. The Bertz CT molecular complexity index is 558. The second kappa shape index (κ2) is 6.93. The fraction of sp³-hybridized carbons (Fsp3) is 0.625. The van der Waals surface area contributed by atoms with Crippen molar-refractivity contribution in [2.45, 2.75) is 39.7 Å². The largest absolute Gasteiger partial charge is 0.460 e. The van der Waals surface area contributed by atoms with Crippen molar-refractivity contribution in [2.24, 2.45) is 0 Å². The highest BCUT2D eigenvalue weighted by Crippen LogP contribution is 2.13. The molecule has 126 valence electrons. The fourth-order valence-electron chi connectivity index (χ4n) is 2.37. The number of aromatic nitrogens is 2. The summed E-state index contributed by atoms with van der Waals surface area (Å²) in [4.78, 5) is 35.6. The number of piperazine rings is 1. The topological polar surface area (TPSA) is 75.6 Å². The van der Waals surface area contributed by atoms with Crippen LogP contribution in [0.1, 0.15) is 33.3 Å². The maximum atomic E-state index is 11.8. The molecule has 1 aromatic rings. The Balaban J connectivity index is 1.90. The first-order valence-electron chi connectivity index (χ1n) is 7.78. The van der Waals surface area contributed by atoms with E-state index in [1.165, 1.54) is 0 Å². The molecule has 1 saturated heterocycles. The SMILES string of the molecule is CC(=O)N1CCN(c2ncc(CC(=O)OC(C)(C)C)cn2)CC1. The summed E-state index contributed by atoms with van der Waals surface area (Å²) >= 11 is 0. The third-order valence-corrected chi connectivity index (χ3v) is 3.47. The van der Waals surface area contributed by atoms with Gasteiger partial charge in [0.1, 0.15) is 5.60 Å². The van der Waals surface area contributed by atoms with Gasteiger partial charge < -0.3 is 14.5 Å². The van der Waals surface area contributed by atoms with Gasteiger partial charge in [-0.05, 0) is 20.8 Å². The average molecular weight is 320 g/mol. The standard InChI is InChI=1S/C16H24N4O3/c1-12(21)19-5-7-20(8-6-19)15-17-10-13(11-18-15)9-14(22)23-16(2,3)4/h10-11H,5-9H2,1-4H3. The van der Waals surface area contributed by atoms with E-state index in [-0.39, 0.29) is 18.3 Å². The quantitative estimate of drug-likeness (QED) is 0.774. The van der Waals surface area contributed by atoms with E-state index in [1.807, 2.05) is 30.6 Å². The van der Waals surface area contributed by atoms with Crippen molar-refractivity contribution in [3.05, 3.63) is 18.0 Å². The van der Waals surface area contributed by atoms with Crippen LogP contribution in [0.3, 0.4) is 0 Å². The van der Waals surface area contributed by atoms with Gasteiger partial charge in [-0.25, -0.2) is 9.97 Å². The number of nitrogens with zero attached hydrogens (tertiary/aromatic N) is 4. The lowest BCUT2D eigenvalue weighted by Crippen LogP contribution is -2.48. The Morgan fingerprint density at radius 2 is 1.70 bits per heavy atom. The molecule has 0 saturated carbocycles. The molecule has 7 nitrogen and oxygen atoms in total. The molecule has 0 aromatic carbocycles. The van der Waals surface area contributed by atoms with Crippen molar-refractivity contribution in [3.8, 4) is 0 Å². The number of carbonyl (C=O) groups is 2. The van der Waals surface area contributed by atoms with E-state index in [4.69, 9.17) is 4.74 Å². The van der Waals surface area contributed by atoms with Crippen LogP contribution in [0, 0.1) is 0 Å². The minimum atomic E-state index is -0.492. The van der Waals surface area contributed by atoms with Gasteiger partial charge in [0.15, 0.2) is 0 Å². The second-order valence-electron chi connectivity index (χ2n) is 6.65. The van der Waals surface area contributed by atoms with Gasteiger partial charge >= 0.3 is 5.97 Å². The number of rotatable bonds is 3. The summed E-state index contributed by atoms with van der Waals surface area (Å²) in [5, 5.41) is 0. The van der Waals surface area contributed by atoms with Crippen molar-refractivity contribution in [1.29, 1.82) is 0 Å². The highest BCUT2D eigenvalue weighted by Gasteiger charge is 2.21. The van der Waals surface area contributed by atoms with Crippen LogP contribution in [0.5, 0.6) is 0 Å². The minimum absolute atomic E-state index is 0.0956. The predicted molar refractivity (Wildman–Crippen MR) is 86.0 cm³/mol. The van der Waals surface area contributed by atoms with E-state index < -0.39 is 5.60 Å². The summed E-state index contributed by atoms with van der Waals surface area (Å²) in [6, 6.07) is 0. The summed E-state index contributed by atoms with van der Waals surface area (Å²) in [6.07, 6.45) is 3.48. The summed E-state index contributed by atoms with van der Waals surface area (Å²) in [5.41, 5.74) is 0.235. The van der Waals surface area contributed by atoms with Gasteiger partial charge in [-0.1, -0.05) is 0 Å². The van der Waals surface area contributed by atoms with Crippen LogP contribution >= 0.6 is 0 Å². The highest BCUT2D eigenvalue weighted by molar-refractivity contribution is 5.73. The second-order valence-corrected chi connectivity index (χ2v) is 6.65. The number of anilines is 1. The lowest BCUT2D eigenvalue weighted by atomic mass is 10.2. The van der Waals surface area contributed by atoms with Crippen LogP contribution in [0.4, 0.5) is 5.95 Å². The number of ether oxygens (including phenoxy) is 1. The molecule has 1 amide bonds. The Hall–Kier alpha value is -2.18. The Morgan fingerprint density at radius 1 is 1.13 bits per heavy atom. The van der Waals surface area contributed by atoms with Crippen molar-refractivity contribution in [1.82, 2.24) is 14.9 Å². The summed E-state index contributed by atoms with van der Waals surface area (Å²) in [5.74, 6) is 0.434. The van der Waals surface area contributed by atoms with Crippen molar-refractivity contribution in [3.63, 3.8) is 0 Å². The van der Waals surface area contributed by atoms with Crippen molar-refractivity contribution < 1.29 is 14.3 Å². The molecule has 23 heavy (non-hydrogen) atoms. The Morgan fingerprint density at radius 3 is 2.17 bits per heavy atom. The lowest BCUT2D eigenvalue weighted by Gasteiger charge is -2.34. The third kappa shape index (κ3) is 5.19. The zero-order valence-electron chi connectivity index (χ0n) is 14.2. The van der Waals surface area contributed by atoms with Crippen molar-refractivity contribution in [2.75, 3.05) is 31.1 Å². The number of esters is 1. The van der Waals surface area contributed by atoms with Crippen LogP contribution < -0.4 is 4.90 Å². The number of carbonyl (C=O) groups excluding carboxylic acids is 2. The Kier molecular flexibility index (Phi) is 5.18. The summed E-state index contributed by atoms with van der Waals surface area (Å²) < 4.78 is 5.28. The van der Waals surface area contributed by atoms with E-state index in [0.29, 0.717) is 32.1 Å². The Labute approximate surface area is 136 Å². The molecular formula is C16H24N4O3. The molecule has 0 spiro atoms. The molecule has 0 N–H and O–H groups in total. The van der Waals surface area contributed by atoms with Crippen molar-refractivity contribution >= 4 is 17.8 Å². The zero-order valence-corrected chi connectivity index (χ0v) is 14.2. The molecule has 0 radical (unpaired) electrons. The fourth-order valence-corrected chi connectivity index (χ4v) is 2.37. The lowest BCUT2D eigenvalue weighted by molar-refractivity contribution is -0.153. The van der Waals surface area contributed by atoms with E-state index in [0.717, 1.165) is 5.56 Å². The van der Waals surface area contributed by atoms with E-state index in [9.17, 15) is 9.59 Å². The third-order valence-electron chi connectivity index (χ3n) is 3.47. The summed E-state index contributed by atoms with van der Waals surface area (Å²) in [7, 11) is 0. The van der Waals surface area contributed by atoms with Gasteiger partial charge in [0.2, 0.25) is 11.9 Å². The predicted octanol–water partition coefficient (Wildman–Crippen LogP) is 1.03. The average Bonchev–Trinajstić information content (AvgIpc) is 2.46. The van der Waals surface area contributed by atoms with Gasteiger partial charge in [-0.2, -0.15) is 0 Å². The number of hydrogen-bond acceptors (Lipinski definition) is 6. The van der Waals surface area contributed by atoms with Gasteiger partial charge in [-0.15, -0.1) is 0 Å². The molecule has 0 atom stereocenters. The molecule has 0 aliphatic carbocycles. The first-order valence-corrected chi connectivity index (χ1v) is 7.78. The number of hydrogen-bond donors (Lipinski definition) is 0. The van der Waals surface area contributed by atoms with Crippen LogP contribution in [0.2, 0.25) is 0 Å². The maximum absolute atomic E-state index is 11.8. The minimum Gasteiger partial charge on any atom is -0.460 e. The molecule has 0 bridgehead atoms. The molecule has 2 heterocycles. The first kappa shape index (κ1) is 17.2.